The van der Waals surface area contributed by atoms with Crippen LogP contribution in [0.25, 0.3) is 0 Å². The number of H-pyrrole nitrogens is 1. The van der Waals surface area contributed by atoms with Crippen LogP contribution >= 0.6 is 11.8 Å². The summed E-state index contributed by atoms with van der Waals surface area (Å²) in [6, 6.07) is 12.2. The number of benzene rings is 1. The molecule has 128 valence electrons. The van der Waals surface area contributed by atoms with Gasteiger partial charge in [-0.2, -0.15) is 0 Å². The second-order valence-corrected chi connectivity index (χ2v) is 7.14. The van der Waals surface area contributed by atoms with Gasteiger partial charge < -0.3 is 9.88 Å². The van der Waals surface area contributed by atoms with Crippen LogP contribution in [0.3, 0.4) is 0 Å². The summed E-state index contributed by atoms with van der Waals surface area (Å²) in [7, 11) is 0. The van der Waals surface area contributed by atoms with Gasteiger partial charge in [-0.15, -0.1) is 0 Å². The highest BCUT2D eigenvalue weighted by Gasteiger charge is 2.16. The molecule has 1 N–H and O–H groups in total. The summed E-state index contributed by atoms with van der Waals surface area (Å²) >= 11 is 1.63. The van der Waals surface area contributed by atoms with Gasteiger partial charge in [-0.1, -0.05) is 30.0 Å². The molecule has 1 aromatic carbocycles. The normalized spacial score (nSPS) is 15.6. The van der Waals surface area contributed by atoms with Crippen molar-refractivity contribution < 1.29 is 0 Å². The van der Waals surface area contributed by atoms with Crippen molar-refractivity contribution in [2.75, 3.05) is 43.4 Å². The average Bonchev–Trinajstić information content (AvgIpc) is 2.59. The number of para-hydroxylation sites is 1. The molecule has 0 radical (unpaired) electrons. The van der Waals surface area contributed by atoms with E-state index in [1.165, 1.54) is 11.8 Å². The summed E-state index contributed by atoms with van der Waals surface area (Å²) < 4.78 is 0. The molecule has 1 aromatic heterocycles. The molecule has 6 heteroatoms. The van der Waals surface area contributed by atoms with Crippen LogP contribution in [-0.2, 0) is 0 Å². The molecule has 0 amide bonds. The summed E-state index contributed by atoms with van der Waals surface area (Å²) in [4.78, 5) is 23.5. The highest BCUT2D eigenvalue weighted by Crippen LogP contribution is 2.16. The first-order chi connectivity index (χ1) is 11.7. The number of piperazine rings is 1. The van der Waals surface area contributed by atoms with Crippen LogP contribution in [0.15, 0.2) is 46.3 Å². The Balaban J connectivity index is 1.37. The standard InChI is InChI=1S/C18H24N4OS/c1-15-14-17(23)20-18(19-15)24-13-5-8-21-9-11-22(12-10-21)16-6-3-2-4-7-16/h2-4,6-7,14H,5,8-13H2,1H3,(H,19,20,23). The Morgan fingerprint density at radius 3 is 2.62 bits per heavy atom. The molecular formula is C18H24N4OS. The zero-order valence-electron chi connectivity index (χ0n) is 14.1. The maximum Gasteiger partial charge on any atom is 0.251 e. The molecule has 0 atom stereocenters. The van der Waals surface area contributed by atoms with Crippen molar-refractivity contribution in [1.82, 2.24) is 14.9 Å². The quantitative estimate of drug-likeness (QED) is 0.495. The molecular weight excluding hydrogens is 320 g/mol. The molecule has 24 heavy (non-hydrogen) atoms. The first-order valence-corrected chi connectivity index (χ1v) is 9.42. The summed E-state index contributed by atoms with van der Waals surface area (Å²) in [6.07, 6.45) is 1.10. The Hall–Kier alpha value is -1.79. The number of anilines is 1. The Kier molecular flexibility index (Phi) is 5.93. The van der Waals surface area contributed by atoms with Crippen molar-refractivity contribution in [2.24, 2.45) is 0 Å². The number of hydrogen-bond donors (Lipinski definition) is 1. The van der Waals surface area contributed by atoms with Crippen molar-refractivity contribution in [3.05, 3.63) is 52.4 Å². The number of nitrogens with zero attached hydrogens (tertiary/aromatic N) is 3. The summed E-state index contributed by atoms with van der Waals surface area (Å²) in [6.45, 7) is 7.35. The first-order valence-electron chi connectivity index (χ1n) is 8.44. The van der Waals surface area contributed by atoms with E-state index in [1.807, 2.05) is 6.92 Å². The van der Waals surface area contributed by atoms with Crippen LogP contribution in [0.4, 0.5) is 5.69 Å². The van der Waals surface area contributed by atoms with E-state index < -0.39 is 0 Å². The SMILES string of the molecule is Cc1cc(=O)[nH]c(SCCCN2CCN(c3ccccc3)CC2)n1. The second kappa shape index (κ2) is 8.35. The van der Waals surface area contributed by atoms with E-state index in [2.05, 4.69) is 50.1 Å². The fourth-order valence-corrected chi connectivity index (χ4v) is 3.79. The zero-order valence-corrected chi connectivity index (χ0v) is 14.9. The van der Waals surface area contributed by atoms with Gasteiger partial charge in [0.05, 0.1) is 0 Å². The molecule has 0 bridgehead atoms. The molecule has 2 heterocycles. The molecule has 0 saturated carbocycles. The number of aromatic nitrogens is 2. The molecule has 1 saturated heterocycles. The van der Waals surface area contributed by atoms with E-state index in [0.717, 1.165) is 55.7 Å². The van der Waals surface area contributed by atoms with E-state index >= 15 is 0 Å². The van der Waals surface area contributed by atoms with Crippen LogP contribution in [0.1, 0.15) is 12.1 Å². The van der Waals surface area contributed by atoms with Gasteiger partial charge in [-0.3, -0.25) is 9.69 Å². The van der Waals surface area contributed by atoms with Crippen molar-refractivity contribution >= 4 is 17.4 Å². The average molecular weight is 344 g/mol. The maximum atomic E-state index is 11.4. The van der Waals surface area contributed by atoms with Crippen LogP contribution in [0, 0.1) is 6.92 Å². The molecule has 3 rings (SSSR count). The summed E-state index contributed by atoms with van der Waals surface area (Å²) in [5.74, 6) is 0.977. The first kappa shape index (κ1) is 17.0. The van der Waals surface area contributed by atoms with E-state index in [-0.39, 0.29) is 5.56 Å². The highest BCUT2D eigenvalue weighted by molar-refractivity contribution is 7.99. The molecule has 0 aliphatic carbocycles. The van der Waals surface area contributed by atoms with Gasteiger partial charge in [0.1, 0.15) is 0 Å². The summed E-state index contributed by atoms with van der Waals surface area (Å²) in [5, 5.41) is 0.730. The highest BCUT2D eigenvalue weighted by atomic mass is 32.2. The molecule has 0 spiro atoms. The number of hydrogen-bond acceptors (Lipinski definition) is 5. The van der Waals surface area contributed by atoms with Crippen LogP contribution < -0.4 is 10.5 Å². The molecule has 5 nitrogen and oxygen atoms in total. The number of aryl methyl sites for hydroxylation is 1. The van der Waals surface area contributed by atoms with Crippen LogP contribution in [0.2, 0.25) is 0 Å². The lowest BCUT2D eigenvalue weighted by molar-refractivity contribution is 0.259. The molecule has 1 aliphatic rings. The van der Waals surface area contributed by atoms with Crippen LogP contribution in [-0.4, -0.2) is 53.3 Å². The third kappa shape index (κ3) is 4.85. The van der Waals surface area contributed by atoms with Gasteiger partial charge >= 0.3 is 0 Å². The van der Waals surface area contributed by atoms with Crippen molar-refractivity contribution in [3.63, 3.8) is 0 Å². The van der Waals surface area contributed by atoms with E-state index in [1.54, 1.807) is 11.8 Å². The Morgan fingerprint density at radius 1 is 1.17 bits per heavy atom. The van der Waals surface area contributed by atoms with Gasteiger partial charge in [0.2, 0.25) is 0 Å². The van der Waals surface area contributed by atoms with Crippen LogP contribution in [0.5, 0.6) is 0 Å². The van der Waals surface area contributed by atoms with E-state index in [9.17, 15) is 4.79 Å². The lowest BCUT2D eigenvalue weighted by Gasteiger charge is -2.36. The Bertz CT molecular complexity index is 696. The minimum absolute atomic E-state index is 0.0676. The topological polar surface area (TPSA) is 52.2 Å². The monoisotopic (exact) mass is 344 g/mol. The fourth-order valence-electron chi connectivity index (χ4n) is 2.95. The number of aromatic amines is 1. The smallest absolute Gasteiger partial charge is 0.251 e. The van der Waals surface area contributed by atoms with E-state index in [4.69, 9.17) is 0 Å². The van der Waals surface area contributed by atoms with Gasteiger partial charge in [-0.25, -0.2) is 4.98 Å². The van der Waals surface area contributed by atoms with Gasteiger partial charge in [0.25, 0.3) is 5.56 Å². The van der Waals surface area contributed by atoms with Gasteiger partial charge in [0.15, 0.2) is 5.16 Å². The fraction of sp³-hybridized carbons (Fsp3) is 0.444. The lowest BCUT2D eigenvalue weighted by Crippen LogP contribution is -2.46. The van der Waals surface area contributed by atoms with Gasteiger partial charge in [0, 0.05) is 49.4 Å². The van der Waals surface area contributed by atoms with Crippen molar-refractivity contribution in [2.45, 2.75) is 18.5 Å². The molecule has 0 unspecified atom stereocenters. The minimum Gasteiger partial charge on any atom is -0.369 e. The third-order valence-electron chi connectivity index (χ3n) is 4.20. The van der Waals surface area contributed by atoms with Gasteiger partial charge in [-0.05, 0) is 32.0 Å². The maximum absolute atomic E-state index is 11.4. The molecule has 1 aliphatic heterocycles. The molecule has 1 fully saturated rings. The Labute approximate surface area is 147 Å². The largest absolute Gasteiger partial charge is 0.369 e. The second-order valence-electron chi connectivity index (χ2n) is 6.06. The number of nitrogens with one attached hydrogen (secondary N) is 1. The number of thioether (sulfide) groups is 1. The van der Waals surface area contributed by atoms with E-state index in [0.29, 0.717) is 0 Å². The van der Waals surface area contributed by atoms with Crippen molar-refractivity contribution in [3.8, 4) is 0 Å². The molecule has 2 aromatic rings. The predicted molar refractivity (Wildman–Crippen MR) is 100 cm³/mol. The zero-order chi connectivity index (χ0) is 16.8. The summed E-state index contributed by atoms with van der Waals surface area (Å²) in [5.41, 5.74) is 2.03. The van der Waals surface area contributed by atoms with Crippen molar-refractivity contribution in [1.29, 1.82) is 0 Å². The lowest BCUT2D eigenvalue weighted by atomic mass is 10.2. The number of rotatable bonds is 6. The minimum atomic E-state index is -0.0676. The Morgan fingerprint density at radius 2 is 1.92 bits per heavy atom. The third-order valence-corrected chi connectivity index (χ3v) is 5.16. The predicted octanol–water partition coefficient (Wildman–Crippen LogP) is 2.38.